The monoisotopic (exact) mass is 428 g/mol. The quantitative estimate of drug-likeness (QED) is 0.153. The van der Waals surface area contributed by atoms with E-state index in [0.29, 0.717) is 5.69 Å². The lowest BCUT2D eigenvalue weighted by molar-refractivity contribution is -0.143. The predicted molar refractivity (Wildman–Crippen MR) is 98.7 cm³/mol. The van der Waals surface area contributed by atoms with Gasteiger partial charge in [0.25, 0.3) is 0 Å². The Morgan fingerprint density at radius 1 is 1.03 bits per heavy atom. The van der Waals surface area contributed by atoms with Gasteiger partial charge in [0.1, 0.15) is 18.1 Å². The van der Waals surface area contributed by atoms with Crippen LogP contribution >= 0.6 is 0 Å². The number of carboxylic acids is 2. The van der Waals surface area contributed by atoms with Crippen LogP contribution in [0.2, 0.25) is 0 Å². The topological polar surface area (TPSA) is 237 Å². The van der Waals surface area contributed by atoms with Gasteiger partial charge in [-0.2, -0.15) is 0 Å². The number of carbonyl (C=O) groups excluding carboxylic acids is 3. The fourth-order valence-electron chi connectivity index (χ4n) is 2.34. The van der Waals surface area contributed by atoms with Crippen LogP contribution < -0.4 is 21.7 Å². The van der Waals surface area contributed by atoms with Crippen LogP contribution in [-0.4, -0.2) is 86.2 Å². The van der Waals surface area contributed by atoms with Gasteiger partial charge in [-0.3, -0.25) is 19.2 Å². The number of aromatic amines is 1. The Balaban J connectivity index is 2.93. The maximum Gasteiger partial charge on any atom is 0.326 e. The summed E-state index contributed by atoms with van der Waals surface area (Å²) in [7, 11) is 0. The van der Waals surface area contributed by atoms with Gasteiger partial charge in [-0.05, 0) is 6.42 Å². The number of rotatable bonds is 13. The van der Waals surface area contributed by atoms with E-state index in [-0.39, 0.29) is 12.8 Å². The minimum atomic E-state index is -1.50. The lowest BCUT2D eigenvalue weighted by Crippen LogP contribution is -2.57. The zero-order valence-corrected chi connectivity index (χ0v) is 15.8. The lowest BCUT2D eigenvalue weighted by Gasteiger charge is -2.23. The van der Waals surface area contributed by atoms with Crippen LogP contribution in [-0.2, 0) is 30.4 Å². The van der Waals surface area contributed by atoms with E-state index >= 15 is 0 Å². The summed E-state index contributed by atoms with van der Waals surface area (Å²) < 4.78 is 0. The van der Waals surface area contributed by atoms with Crippen molar-refractivity contribution in [2.75, 3.05) is 13.2 Å². The number of nitrogens with one attached hydrogen (secondary N) is 4. The number of hydrogen-bond donors (Lipinski definition) is 8. The molecule has 1 aromatic rings. The highest BCUT2D eigenvalue weighted by molar-refractivity contribution is 5.93. The highest BCUT2D eigenvalue weighted by Crippen LogP contribution is 2.03. The molecule has 0 saturated carbocycles. The van der Waals surface area contributed by atoms with Gasteiger partial charge in [0.05, 0.1) is 19.5 Å². The van der Waals surface area contributed by atoms with Gasteiger partial charge in [-0.25, -0.2) is 9.78 Å². The van der Waals surface area contributed by atoms with Gasteiger partial charge in [-0.15, -0.1) is 0 Å². The number of aliphatic hydroxyl groups excluding tert-OH is 1. The summed E-state index contributed by atoms with van der Waals surface area (Å²) in [6.07, 6.45) is 1.73. The molecular formula is C16H24N6O8. The largest absolute Gasteiger partial charge is 0.481 e. The van der Waals surface area contributed by atoms with Crippen molar-refractivity contribution >= 4 is 29.7 Å². The number of imidazole rings is 1. The Bertz CT molecular complexity index is 753. The standard InChI is InChI=1S/C16H24N6O8/c17-4-12(24)20-11(6-23)15(28)22-10(3-8-5-18-7-19-8)14(27)21-9(16(29)30)1-2-13(25)26/h5,7,9-11,23H,1-4,6,17H2,(H,18,19)(H,20,24)(H,21,27)(H,22,28)(H,25,26)(H,29,30). The smallest absolute Gasteiger partial charge is 0.326 e. The maximum atomic E-state index is 12.6. The van der Waals surface area contributed by atoms with Crippen molar-refractivity contribution in [2.45, 2.75) is 37.4 Å². The number of aliphatic hydroxyl groups is 1. The number of nitrogens with zero attached hydrogens (tertiary/aromatic N) is 1. The van der Waals surface area contributed by atoms with E-state index in [4.69, 9.17) is 10.8 Å². The number of aliphatic carboxylic acids is 2. The maximum absolute atomic E-state index is 12.6. The van der Waals surface area contributed by atoms with E-state index < -0.39 is 67.4 Å². The second kappa shape index (κ2) is 12.1. The molecule has 30 heavy (non-hydrogen) atoms. The average Bonchev–Trinajstić information content (AvgIpc) is 3.20. The number of H-pyrrole nitrogens is 1. The van der Waals surface area contributed by atoms with Crippen molar-refractivity contribution in [1.82, 2.24) is 25.9 Å². The molecule has 3 unspecified atom stereocenters. The van der Waals surface area contributed by atoms with Gasteiger partial charge in [0, 0.05) is 24.7 Å². The van der Waals surface area contributed by atoms with Crippen molar-refractivity contribution in [3.05, 3.63) is 18.2 Å². The molecule has 0 radical (unpaired) electrons. The first-order valence-electron chi connectivity index (χ1n) is 8.80. The third-order valence-electron chi connectivity index (χ3n) is 3.89. The molecule has 1 rings (SSSR count). The fraction of sp³-hybridized carbons (Fsp3) is 0.500. The average molecular weight is 428 g/mol. The Morgan fingerprint density at radius 3 is 2.17 bits per heavy atom. The van der Waals surface area contributed by atoms with E-state index in [0.717, 1.165) is 0 Å². The highest BCUT2D eigenvalue weighted by atomic mass is 16.4. The summed E-state index contributed by atoms with van der Waals surface area (Å²) in [6.45, 7) is -1.20. The Labute approximate surface area is 170 Å². The Hall–Kier alpha value is -3.52. The zero-order valence-electron chi connectivity index (χ0n) is 15.8. The van der Waals surface area contributed by atoms with Crippen molar-refractivity contribution in [1.29, 1.82) is 0 Å². The number of nitrogens with two attached hydrogens (primary N) is 1. The molecule has 3 atom stereocenters. The van der Waals surface area contributed by atoms with Crippen molar-refractivity contribution in [3.63, 3.8) is 0 Å². The van der Waals surface area contributed by atoms with Gasteiger partial charge in [-0.1, -0.05) is 0 Å². The van der Waals surface area contributed by atoms with Crippen LogP contribution in [0.25, 0.3) is 0 Å². The summed E-state index contributed by atoms with van der Waals surface area (Å²) in [5, 5.41) is 33.9. The first-order valence-corrected chi connectivity index (χ1v) is 8.80. The predicted octanol–water partition coefficient (Wildman–Crippen LogP) is -3.69. The molecule has 0 bridgehead atoms. The van der Waals surface area contributed by atoms with E-state index in [9.17, 15) is 34.2 Å². The molecule has 3 amide bonds. The highest BCUT2D eigenvalue weighted by Gasteiger charge is 2.30. The molecule has 9 N–H and O–H groups in total. The summed E-state index contributed by atoms with van der Waals surface area (Å²) >= 11 is 0. The molecule has 0 fully saturated rings. The van der Waals surface area contributed by atoms with Gasteiger partial charge in [0.2, 0.25) is 17.7 Å². The molecule has 166 valence electrons. The summed E-state index contributed by atoms with van der Waals surface area (Å²) in [4.78, 5) is 64.9. The van der Waals surface area contributed by atoms with Gasteiger partial charge in [0.15, 0.2) is 0 Å². The van der Waals surface area contributed by atoms with E-state index in [1.807, 2.05) is 0 Å². The Morgan fingerprint density at radius 2 is 1.67 bits per heavy atom. The SMILES string of the molecule is NCC(=O)NC(CO)C(=O)NC(Cc1cnc[nH]1)C(=O)NC(CCC(=O)O)C(=O)O. The molecule has 1 aromatic heterocycles. The molecule has 0 spiro atoms. The van der Waals surface area contributed by atoms with Crippen LogP contribution in [0.15, 0.2) is 12.5 Å². The van der Waals surface area contributed by atoms with Crippen LogP contribution in [0.5, 0.6) is 0 Å². The van der Waals surface area contributed by atoms with E-state index in [1.54, 1.807) is 0 Å². The molecule has 14 heteroatoms. The molecule has 0 saturated heterocycles. The zero-order chi connectivity index (χ0) is 22.7. The van der Waals surface area contributed by atoms with Gasteiger partial charge >= 0.3 is 11.9 Å². The van der Waals surface area contributed by atoms with Crippen molar-refractivity contribution < 1.29 is 39.3 Å². The number of carboxylic acid groups (broad SMARTS) is 2. The third kappa shape index (κ3) is 8.24. The number of hydrogen-bond acceptors (Lipinski definition) is 8. The first-order chi connectivity index (χ1) is 14.2. The summed E-state index contributed by atoms with van der Waals surface area (Å²) in [6, 6.07) is -4.20. The molecule has 0 aliphatic rings. The number of amides is 3. The molecule has 14 nitrogen and oxygen atoms in total. The summed E-state index contributed by atoms with van der Waals surface area (Å²) in [5.41, 5.74) is 5.58. The van der Waals surface area contributed by atoms with Crippen LogP contribution in [0.3, 0.4) is 0 Å². The minimum absolute atomic E-state index is 0.119. The van der Waals surface area contributed by atoms with Gasteiger partial charge < -0.3 is 42.0 Å². The first kappa shape index (κ1) is 24.5. The van der Waals surface area contributed by atoms with Crippen molar-refractivity contribution in [2.24, 2.45) is 5.73 Å². The molecule has 1 heterocycles. The Kier molecular flexibility index (Phi) is 9.91. The fourth-order valence-corrected chi connectivity index (χ4v) is 2.34. The van der Waals surface area contributed by atoms with Crippen LogP contribution in [0.1, 0.15) is 18.5 Å². The van der Waals surface area contributed by atoms with E-state index in [1.165, 1.54) is 12.5 Å². The molecule has 0 aliphatic carbocycles. The normalized spacial score (nSPS) is 13.5. The lowest BCUT2D eigenvalue weighted by atomic mass is 10.1. The number of aromatic nitrogens is 2. The minimum Gasteiger partial charge on any atom is -0.481 e. The number of carbonyl (C=O) groups is 5. The van der Waals surface area contributed by atoms with E-state index in [2.05, 4.69) is 25.9 Å². The molecule has 0 aromatic carbocycles. The van der Waals surface area contributed by atoms with Crippen LogP contribution in [0.4, 0.5) is 0 Å². The third-order valence-corrected chi connectivity index (χ3v) is 3.89. The van der Waals surface area contributed by atoms with Crippen LogP contribution in [0, 0.1) is 0 Å². The molecule has 0 aliphatic heterocycles. The molecular weight excluding hydrogens is 404 g/mol. The van der Waals surface area contributed by atoms with Crippen molar-refractivity contribution in [3.8, 4) is 0 Å². The second-order valence-electron chi connectivity index (χ2n) is 6.18. The second-order valence-corrected chi connectivity index (χ2v) is 6.18. The summed E-state index contributed by atoms with van der Waals surface area (Å²) in [5.74, 6) is -5.20.